The van der Waals surface area contributed by atoms with Crippen LogP contribution < -0.4 is 4.90 Å². The SMILES string of the molecule is C=C/C=C\C(=C/C)N1c2ccccc2C2C=C(B3OC(C)(C)C(C)(C)O3)C=CC21. The van der Waals surface area contributed by atoms with Crippen molar-refractivity contribution in [3.05, 3.63) is 90.1 Å². The van der Waals surface area contributed by atoms with E-state index in [2.05, 4.69) is 101 Å². The smallest absolute Gasteiger partial charge is 0.399 e. The first-order valence-corrected chi connectivity index (χ1v) is 10.4. The Labute approximate surface area is 175 Å². The van der Waals surface area contributed by atoms with Crippen LogP contribution in [0.3, 0.4) is 0 Å². The summed E-state index contributed by atoms with van der Waals surface area (Å²) in [6.45, 7) is 14.3. The fourth-order valence-corrected chi connectivity index (χ4v) is 4.29. The quantitative estimate of drug-likeness (QED) is 0.486. The molecule has 4 heteroatoms. The topological polar surface area (TPSA) is 21.7 Å². The predicted molar refractivity (Wildman–Crippen MR) is 122 cm³/mol. The van der Waals surface area contributed by atoms with Crippen molar-refractivity contribution in [2.75, 3.05) is 4.90 Å². The normalized spacial score (nSPS) is 27.2. The molecule has 4 rings (SSSR count). The van der Waals surface area contributed by atoms with E-state index in [0.29, 0.717) is 0 Å². The van der Waals surface area contributed by atoms with Gasteiger partial charge in [-0.2, -0.15) is 0 Å². The Morgan fingerprint density at radius 3 is 2.48 bits per heavy atom. The van der Waals surface area contributed by atoms with Crippen LogP contribution in [0.4, 0.5) is 5.69 Å². The minimum absolute atomic E-state index is 0.235. The molecule has 3 aliphatic rings. The number of hydrogen-bond acceptors (Lipinski definition) is 3. The van der Waals surface area contributed by atoms with Crippen molar-refractivity contribution < 1.29 is 9.31 Å². The first kappa shape index (κ1) is 20.0. The van der Waals surface area contributed by atoms with Gasteiger partial charge in [-0.15, -0.1) is 0 Å². The van der Waals surface area contributed by atoms with Crippen LogP contribution in [0, 0.1) is 0 Å². The summed E-state index contributed by atoms with van der Waals surface area (Å²) in [6.07, 6.45) is 14.9. The molecular formula is C25H30BNO2. The lowest BCUT2D eigenvalue weighted by Gasteiger charge is -2.32. The molecule has 1 aromatic carbocycles. The zero-order valence-corrected chi connectivity index (χ0v) is 18.1. The summed E-state index contributed by atoms with van der Waals surface area (Å²) < 4.78 is 12.6. The molecule has 150 valence electrons. The average molecular weight is 387 g/mol. The Balaban J connectivity index is 1.71. The van der Waals surface area contributed by atoms with Crippen LogP contribution >= 0.6 is 0 Å². The number of anilines is 1. The van der Waals surface area contributed by atoms with Crippen LogP contribution in [-0.2, 0) is 9.31 Å². The molecule has 2 heterocycles. The van der Waals surface area contributed by atoms with Crippen molar-refractivity contribution >= 4 is 12.8 Å². The summed E-state index contributed by atoms with van der Waals surface area (Å²) in [5.41, 5.74) is 4.18. The van der Waals surface area contributed by atoms with Crippen LogP contribution in [-0.4, -0.2) is 24.4 Å². The second kappa shape index (κ2) is 7.19. The van der Waals surface area contributed by atoms with E-state index in [1.807, 2.05) is 12.2 Å². The Morgan fingerprint density at radius 1 is 1.14 bits per heavy atom. The Morgan fingerprint density at radius 2 is 1.83 bits per heavy atom. The van der Waals surface area contributed by atoms with Gasteiger partial charge in [-0.05, 0) is 57.8 Å². The zero-order chi connectivity index (χ0) is 20.8. The Hall–Kier alpha value is -2.30. The number of rotatable bonds is 4. The molecule has 2 aliphatic heterocycles. The fraction of sp³-hybridized carbons (Fsp3) is 0.360. The second-order valence-electron chi connectivity index (χ2n) is 8.87. The first-order valence-electron chi connectivity index (χ1n) is 10.4. The lowest BCUT2D eigenvalue weighted by molar-refractivity contribution is 0.00578. The molecule has 1 fully saturated rings. The summed E-state index contributed by atoms with van der Waals surface area (Å²) in [5.74, 6) is 0.261. The highest BCUT2D eigenvalue weighted by molar-refractivity contribution is 6.55. The molecule has 0 saturated carbocycles. The summed E-state index contributed by atoms with van der Waals surface area (Å²) >= 11 is 0. The van der Waals surface area contributed by atoms with E-state index in [4.69, 9.17) is 9.31 Å². The Kier molecular flexibility index (Phi) is 4.96. The van der Waals surface area contributed by atoms with Gasteiger partial charge in [-0.25, -0.2) is 0 Å². The molecule has 0 bridgehead atoms. The van der Waals surface area contributed by atoms with E-state index in [1.165, 1.54) is 16.9 Å². The van der Waals surface area contributed by atoms with Crippen LogP contribution in [0.1, 0.15) is 46.1 Å². The molecule has 0 radical (unpaired) electrons. The van der Waals surface area contributed by atoms with Gasteiger partial charge >= 0.3 is 7.12 Å². The third-order valence-electron chi connectivity index (χ3n) is 6.58. The summed E-state index contributed by atoms with van der Waals surface area (Å²) in [6, 6.07) is 8.90. The third kappa shape index (κ3) is 3.25. The Bertz CT molecular complexity index is 922. The molecule has 0 aromatic heterocycles. The van der Waals surface area contributed by atoms with Gasteiger partial charge in [0, 0.05) is 17.3 Å². The highest BCUT2D eigenvalue weighted by Gasteiger charge is 2.53. The maximum absolute atomic E-state index is 6.30. The third-order valence-corrected chi connectivity index (χ3v) is 6.58. The largest absolute Gasteiger partial charge is 0.494 e. The van der Waals surface area contributed by atoms with Gasteiger partial charge in [0.15, 0.2) is 0 Å². The molecule has 3 nitrogen and oxygen atoms in total. The molecule has 0 N–H and O–H groups in total. The fourth-order valence-electron chi connectivity index (χ4n) is 4.29. The van der Waals surface area contributed by atoms with Gasteiger partial charge < -0.3 is 14.2 Å². The minimum atomic E-state index is -0.337. The van der Waals surface area contributed by atoms with Crippen molar-refractivity contribution in [1.82, 2.24) is 0 Å². The molecule has 2 unspecified atom stereocenters. The van der Waals surface area contributed by atoms with Crippen molar-refractivity contribution in [3.8, 4) is 0 Å². The number of nitrogens with zero attached hydrogens (tertiary/aromatic N) is 1. The van der Waals surface area contributed by atoms with Gasteiger partial charge in [0.1, 0.15) is 0 Å². The maximum atomic E-state index is 6.30. The number of fused-ring (bicyclic) bond motifs is 3. The molecule has 1 aromatic rings. The molecule has 29 heavy (non-hydrogen) atoms. The highest BCUT2D eigenvalue weighted by Crippen LogP contribution is 2.48. The summed E-state index contributed by atoms with van der Waals surface area (Å²) in [7, 11) is -0.333. The highest BCUT2D eigenvalue weighted by atomic mass is 16.7. The van der Waals surface area contributed by atoms with Gasteiger partial charge in [-0.1, -0.05) is 61.2 Å². The molecule has 2 atom stereocenters. The summed E-state index contributed by atoms with van der Waals surface area (Å²) in [4.78, 5) is 2.41. The average Bonchev–Trinajstić information content (AvgIpc) is 3.13. The lowest BCUT2D eigenvalue weighted by Crippen LogP contribution is -2.41. The first-order chi connectivity index (χ1) is 13.8. The van der Waals surface area contributed by atoms with Gasteiger partial charge in [-0.3, -0.25) is 0 Å². The van der Waals surface area contributed by atoms with Crippen LogP contribution in [0.5, 0.6) is 0 Å². The minimum Gasteiger partial charge on any atom is -0.399 e. The van der Waals surface area contributed by atoms with Crippen molar-refractivity contribution in [2.24, 2.45) is 0 Å². The van der Waals surface area contributed by atoms with E-state index in [9.17, 15) is 0 Å². The van der Waals surface area contributed by atoms with Crippen molar-refractivity contribution in [2.45, 2.75) is 57.8 Å². The predicted octanol–water partition coefficient (Wildman–Crippen LogP) is 5.73. The molecule has 0 spiro atoms. The monoisotopic (exact) mass is 387 g/mol. The van der Waals surface area contributed by atoms with Crippen LogP contribution in [0.25, 0.3) is 0 Å². The molecule has 1 aliphatic carbocycles. The van der Waals surface area contributed by atoms with E-state index < -0.39 is 0 Å². The molecule has 0 amide bonds. The zero-order valence-electron chi connectivity index (χ0n) is 18.1. The number of allylic oxidation sites excluding steroid dienone is 6. The van der Waals surface area contributed by atoms with E-state index in [1.54, 1.807) is 0 Å². The number of para-hydroxylation sites is 1. The standard InChI is InChI=1S/C25H30BNO2/c1-7-9-12-19(8-2)27-22-14-11-10-13-20(22)21-17-18(15-16-23(21)27)26-28-24(3,4)25(5,6)29-26/h7-17,21,23H,1H2,2-6H3/b12-9-,19-8+. The lowest BCUT2D eigenvalue weighted by atomic mass is 9.72. The van der Waals surface area contributed by atoms with E-state index in [-0.39, 0.29) is 30.3 Å². The molecule has 1 saturated heterocycles. The van der Waals surface area contributed by atoms with Gasteiger partial charge in [0.2, 0.25) is 0 Å². The van der Waals surface area contributed by atoms with Gasteiger partial charge in [0.05, 0.1) is 17.2 Å². The van der Waals surface area contributed by atoms with E-state index >= 15 is 0 Å². The maximum Gasteiger partial charge on any atom is 0.494 e. The van der Waals surface area contributed by atoms with Crippen molar-refractivity contribution in [3.63, 3.8) is 0 Å². The molecular weight excluding hydrogens is 357 g/mol. The second-order valence-corrected chi connectivity index (χ2v) is 8.87. The number of benzene rings is 1. The summed E-state index contributed by atoms with van der Waals surface area (Å²) in [5, 5.41) is 0. The van der Waals surface area contributed by atoms with E-state index in [0.717, 1.165) is 5.47 Å². The van der Waals surface area contributed by atoms with Gasteiger partial charge in [0.25, 0.3) is 0 Å². The van der Waals surface area contributed by atoms with Crippen LogP contribution in [0.2, 0.25) is 0 Å². The van der Waals surface area contributed by atoms with Crippen molar-refractivity contribution in [1.29, 1.82) is 0 Å². The number of hydrogen-bond donors (Lipinski definition) is 0. The van der Waals surface area contributed by atoms with Crippen LogP contribution in [0.15, 0.2) is 84.5 Å².